The van der Waals surface area contributed by atoms with E-state index < -0.39 is 0 Å². The summed E-state index contributed by atoms with van der Waals surface area (Å²) in [6.07, 6.45) is 5.11. The van der Waals surface area contributed by atoms with Crippen molar-refractivity contribution in [2.24, 2.45) is 5.73 Å². The highest BCUT2D eigenvalue weighted by Crippen LogP contribution is 2.33. The van der Waals surface area contributed by atoms with Crippen LogP contribution >= 0.6 is 28.1 Å². The van der Waals surface area contributed by atoms with Gasteiger partial charge in [-0.25, -0.2) is 0 Å². The highest BCUT2D eigenvalue weighted by Gasteiger charge is 2.22. The zero-order valence-electron chi connectivity index (χ0n) is 10.7. The largest absolute Gasteiger partial charge is 0.389 e. The van der Waals surface area contributed by atoms with Crippen molar-refractivity contribution in [3.8, 4) is 0 Å². The molecule has 0 bridgehead atoms. The summed E-state index contributed by atoms with van der Waals surface area (Å²) in [6, 6.07) is 6.83. The molecule has 2 N–H and O–H groups in total. The molecule has 2 rings (SSSR count). The Labute approximate surface area is 123 Å². The molecular weight excluding hydrogens is 308 g/mol. The van der Waals surface area contributed by atoms with Gasteiger partial charge in [0, 0.05) is 22.6 Å². The average Bonchev–Trinajstić information content (AvgIpc) is 2.38. The maximum Gasteiger partial charge on any atom is 0.104 e. The van der Waals surface area contributed by atoms with Crippen molar-refractivity contribution in [2.45, 2.75) is 38.6 Å². The van der Waals surface area contributed by atoms with Crippen molar-refractivity contribution in [2.75, 3.05) is 11.4 Å². The minimum atomic E-state index is 0.452. The number of nitrogens with zero attached hydrogens (tertiary/aromatic N) is 1. The predicted octanol–water partition coefficient (Wildman–Crippen LogP) is 3.85. The normalized spacial score (nSPS) is 19.9. The molecule has 98 valence electrons. The van der Waals surface area contributed by atoms with E-state index in [1.165, 1.54) is 31.4 Å². The monoisotopic (exact) mass is 326 g/mol. The fraction of sp³-hybridized carbons (Fsp3) is 0.500. The van der Waals surface area contributed by atoms with E-state index in [9.17, 15) is 0 Å². The Hall–Kier alpha value is -0.610. The second kappa shape index (κ2) is 6.02. The van der Waals surface area contributed by atoms with Gasteiger partial charge in [0.1, 0.15) is 4.99 Å². The molecule has 1 aromatic carbocycles. The molecule has 18 heavy (non-hydrogen) atoms. The summed E-state index contributed by atoms with van der Waals surface area (Å²) < 4.78 is 1.09. The summed E-state index contributed by atoms with van der Waals surface area (Å²) in [7, 11) is 0. The molecular formula is C14H19BrN2S. The summed E-state index contributed by atoms with van der Waals surface area (Å²) >= 11 is 8.66. The number of hydrogen-bond donors (Lipinski definition) is 1. The van der Waals surface area contributed by atoms with E-state index in [2.05, 4.69) is 33.8 Å². The van der Waals surface area contributed by atoms with Gasteiger partial charge in [-0.05, 0) is 59.8 Å². The van der Waals surface area contributed by atoms with E-state index in [0.717, 1.165) is 16.6 Å². The quantitative estimate of drug-likeness (QED) is 0.855. The number of rotatable bonds is 3. The third-order valence-electron chi connectivity index (χ3n) is 3.64. The van der Waals surface area contributed by atoms with E-state index in [-0.39, 0.29) is 0 Å². The molecule has 1 unspecified atom stereocenters. The molecule has 0 saturated carbocycles. The number of nitrogens with two attached hydrogens (primary N) is 1. The number of hydrogen-bond acceptors (Lipinski definition) is 2. The lowest BCUT2D eigenvalue weighted by molar-refractivity contribution is 0.449. The van der Waals surface area contributed by atoms with Gasteiger partial charge < -0.3 is 10.6 Å². The van der Waals surface area contributed by atoms with Crippen LogP contribution in [0.2, 0.25) is 0 Å². The summed E-state index contributed by atoms with van der Waals surface area (Å²) in [4.78, 5) is 2.96. The van der Waals surface area contributed by atoms with E-state index in [4.69, 9.17) is 18.0 Å². The van der Waals surface area contributed by atoms with Gasteiger partial charge in [-0.3, -0.25) is 0 Å². The van der Waals surface area contributed by atoms with Gasteiger partial charge in [0.05, 0.1) is 5.69 Å². The molecule has 4 heteroatoms. The average molecular weight is 327 g/mol. The second-order valence-corrected chi connectivity index (χ2v) is 6.08. The van der Waals surface area contributed by atoms with Crippen LogP contribution in [0.5, 0.6) is 0 Å². The van der Waals surface area contributed by atoms with Gasteiger partial charge in [-0.2, -0.15) is 0 Å². The van der Waals surface area contributed by atoms with Crippen molar-refractivity contribution in [1.29, 1.82) is 0 Å². The second-order valence-electron chi connectivity index (χ2n) is 4.78. The third kappa shape index (κ3) is 2.86. The fourth-order valence-corrected chi connectivity index (χ4v) is 3.37. The lowest BCUT2D eigenvalue weighted by Gasteiger charge is -2.37. The molecule has 0 amide bonds. The Morgan fingerprint density at radius 3 is 2.89 bits per heavy atom. The van der Waals surface area contributed by atoms with Crippen LogP contribution in [0, 0.1) is 0 Å². The first-order valence-electron chi connectivity index (χ1n) is 6.49. The van der Waals surface area contributed by atoms with Crippen molar-refractivity contribution in [1.82, 2.24) is 0 Å². The minimum Gasteiger partial charge on any atom is -0.389 e. The number of anilines is 1. The van der Waals surface area contributed by atoms with E-state index >= 15 is 0 Å². The lowest BCUT2D eigenvalue weighted by Crippen LogP contribution is -2.39. The SMILES string of the molecule is CCC1CCCCN1c1ccc(C(N)=S)cc1Br. The van der Waals surface area contributed by atoms with Crippen LogP contribution in [0.15, 0.2) is 22.7 Å². The number of benzene rings is 1. The van der Waals surface area contributed by atoms with Crippen LogP contribution in [0.25, 0.3) is 0 Å². The van der Waals surface area contributed by atoms with Gasteiger partial charge in [0.25, 0.3) is 0 Å². The molecule has 0 radical (unpaired) electrons. The first kappa shape index (κ1) is 13.8. The molecule has 0 aliphatic carbocycles. The van der Waals surface area contributed by atoms with Crippen LogP contribution in [-0.4, -0.2) is 17.6 Å². The first-order chi connectivity index (χ1) is 8.63. The van der Waals surface area contributed by atoms with Crippen LogP contribution in [0.3, 0.4) is 0 Å². The first-order valence-corrected chi connectivity index (χ1v) is 7.69. The zero-order chi connectivity index (χ0) is 13.1. The van der Waals surface area contributed by atoms with Crippen LogP contribution in [0.4, 0.5) is 5.69 Å². The lowest BCUT2D eigenvalue weighted by atomic mass is 9.99. The van der Waals surface area contributed by atoms with Crippen molar-refractivity contribution >= 4 is 38.8 Å². The summed E-state index contributed by atoms with van der Waals surface area (Å²) in [5, 5.41) is 0. The molecule has 0 spiro atoms. The van der Waals surface area contributed by atoms with E-state index in [1.807, 2.05) is 12.1 Å². The topological polar surface area (TPSA) is 29.3 Å². The van der Waals surface area contributed by atoms with E-state index in [1.54, 1.807) is 0 Å². The maximum absolute atomic E-state index is 5.66. The highest BCUT2D eigenvalue weighted by atomic mass is 79.9. The van der Waals surface area contributed by atoms with Crippen molar-refractivity contribution in [3.05, 3.63) is 28.2 Å². The molecule has 1 atom stereocenters. The van der Waals surface area contributed by atoms with Gasteiger partial charge in [0.2, 0.25) is 0 Å². The molecule has 1 aliphatic heterocycles. The summed E-state index contributed by atoms with van der Waals surface area (Å²) in [5.74, 6) is 0. The molecule has 1 heterocycles. The van der Waals surface area contributed by atoms with Gasteiger partial charge in [-0.1, -0.05) is 19.1 Å². The number of halogens is 1. The highest BCUT2D eigenvalue weighted by molar-refractivity contribution is 9.10. The molecule has 1 aliphatic rings. The van der Waals surface area contributed by atoms with Crippen molar-refractivity contribution in [3.63, 3.8) is 0 Å². The number of piperidine rings is 1. The van der Waals surface area contributed by atoms with Crippen LogP contribution < -0.4 is 10.6 Å². The summed E-state index contributed by atoms with van der Waals surface area (Å²) in [5.41, 5.74) is 7.85. The smallest absolute Gasteiger partial charge is 0.104 e. The Kier molecular flexibility index (Phi) is 4.62. The molecule has 1 aromatic rings. The van der Waals surface area contributed by atoms with E-state index in [0.29, 0.717) is 11.0 Å². The third-order valence-corrected chi connectivity index (χ3v) is 4.51. The van der Waals surface area contributed by atoms with Crippen LogP contribution in [-0.2, 0) is 0 Å². The molecule has 0 aromatic heterocycles. The Bertz CT molecular complexity index is 447. The van der Waals surface area contributed by atoms with Crippen LogP contribution in [0.1, 0.15) is 38.2 Å². The van der Waals surface area contributed by atoms with Crippen molar-refractivity contribution < 1.29 is 0 Å². The Morgan fingerprint density at radius 1 is 1.50 bits per heavy atom. The molecule has 2 nitrogen and oxygen atoms in total. The molecule has 1 fully saturated rings. The standard InChI is InChI=1S/C14H19BrN2S/c1-2-11-5-3-4-8-17(11)13-7-6-10(14(16)18)9-12(13)15/h6-7,9,11H,2-5,8H2,1H3,(H2,16,18). The minimum absolute atomic E-state index is 0.452. The number of thiocarbonyl (C=S) groups is 1. The Morgan fingerprint density at radius 2 is 2.28 bits per heavy atom. The van der Waals surface area contributed by atoms with Gasteiger partial charge >= 0.3 is 0 Å². The fourth-order valence-electron chi connectivity index (χ4n) is 2.64. The van der Waals surface area contributed by atoms with Gasteiger partial charge in [0.15, 0.2) is 0 Å². The summed E-state index contributed by atoms with van der Waals surface area (Å²) in [6.45, 7) is 3.41. The Balaban J connectivity index is 2.29. The molecule has 1 saturated heterocycles. The predicted molar refractivity (Wildman–Crippen MR) is 85.3 cm³/mol. The maximum atomic E-state index is 5.66. The zero-order valence-corrected chi connectivity index (χ0v) is 13.1. The van der Waals surface area contributed by atoms with Gasteiger partial charge in [-0.15, -0.1) is 0 Å².